The molecule has 0 radical (unpaired) electrons. The Kier molecular flexibility index (Phi) is 3.87. The van der Waals surface area contributed by atoms with Crippen molar-refractivity contribution in [2.75, 3.05) is 0 Å². The maximum atomic E-state index is 8.52. The SMILES string of the molecule is CCCCCCC1=C[C@H](C#N)C1. The summed E-state index contributed by atoms with van der Waals surface area (Å²) in [5.41, 5.74) is 1.51. The van der Waals surface area contributed by atoms with Crippen LogP contribution in [0.2, 0.25) is 0 Å². The summed E-state index contributed by atoms with van der Waals surface area (Å²) in [4.78, 5) is 0. The van der Waals surface area contributed by atoms with E-state index in [-0.39, 0.29) is 5.92 Å². The van der Waals surface area contributed by atoms with Gasteiger partial charge in [0.15, 0.2) is 0 Å². The third kappa shape index (κ3) is 2.70. The van der Waals surface area contributed by atoms with E-state index in [1.54, 1.807) is 0 Å². The van der Waals surface area contributed by atoms with Crippen LogP contribution < -0.4 is 0 Å². The normalized spacial score (nSPS) is 21.0. The first-order chi connectivity index (χ1) is 5.86. The number of nitrogens with zero attached hydrogens (tertiary/aromatic N) is 1. The van der Waals surface area contributed by atoms with E-state index in [1.807, 2.05) is 0 Å². The molecule has 0 N–H and O–H groups in total. The molecule has 1 rings (SSSR count). The van der Waals surface area contributed by atoms with Gasteiger partial charge in [-0.1, -0.05) is 37.8 Å². The molecule has 1 aliphatic carbocycles. The monoisotopic (exact) mass is 163 g/mol. The minimum atomic E-state index is 0.242. The van der Waals surface area contributed by atoms with Crippen molar-refractivity contribution in [3.63, 3.8) is 0 Å². The summed E-state index contributed by atoms with van der Waals surface area (Å²) >= 11 is 0. The van der Waals surface area contributed by atoms with Gasteiger partial charge in [-0.3, -0.25) is 0 Å². The highest BCUT2D eigenvalue weighted by Gasteiger charge is 2.16. The summed E-state index contributed by atoms with van der Waals surface area (Å²) in [6, 6.07) is 2.26. The summed E-state index contributed by atoms with van der Waals surface area (Å²) in [7, 11) is 0. The van der Waals surface area contributed by atoms with Crippen LogP contribution in [0.3, 0.4) is 0 Å². The topological polar surface area (TPSA) is 23.8 Å². The van der Waals surface area contributed by atoms with Crippen LogP contribution in [0.1, 0.15) is 45.4 Å². The van der Waals surface area contributed by atoms with Crippen LogP contribution in [0.25, 0.3) is 0 Å². The average Bonchev–Trinajstić information content (AvgIpc) is 2.01. The summed E-state index contributed by atoms with van der Waals surface area (Å²) in [6.07, 6.45) is 9.74. The average molecular weight is 163 g/mol. The lowest BCUT2D eigenvalue weighted by atomic mass is 9.85. The van der Waals surface area contributed by atoms with E-state index in [0.717, 1.165) is 6.42 Å². The molecule has 0 saturated heterocycles. The van der Waals surface area contributed by atoms with Gasteiger partial charge in [-0.05, 0) is 19.3 Å². The molecule has 1 nitrogen and oxygen atoms in total. The van der Waals surface area contributed by atoms with Crippen molar-refractivity contribution in [1.82, 2.24) is 0 Å². The van der Waals surface area contributed by atoms with E-state index < -0.39 is 0 Å². The number of nitriles is 1. The molecule has 1 heteroatoms. The van der Waals surface area contributed by atoms with Gasteiger partial charge >= 0.3 is 0 Å². The Morgan fingerprint density at radius 1 is 1.50 bits per heavy atom. The second-order valence-corrected chi connectivity index (χ2v) is 3.58. The Balaban J connectivity index is 2.00. The molecule has 1 aliphatic rings. The maximum Gasteiger partial charge on any atom is 0.0700 e. The lowest BCUT2D eigenvalue weighted by Crippen LogP contribution is -2.07. The molecule has 0 aromatic rings. The standard InChI is InChI=1S/C11H17N/c1-2-3-4-5-6-10-7-11(8-10)9-12/h7,11H,2-6,8H2,1H3/t11-/m0/s1. The number of hydrogen-bond donors (Lipinski definition) is 0. The van der Waals surface area contributed by atoms with Crippen molar-refractivity contribution in [3.05, 3.63) is 11.6 Å². The Labute approximate surface area is 75.1 Å². The summed E-state index contributed by atoms with van der Waals surface area (Å²) in [6.45, 7) is 2.23. The van der Waals surface area contributed by atoms with Crippen LogP contribution in [0.4, 0.5) is 0 Å². The summed E-state index contributed by atoms with van der Waals surface area (Å²) < 4.78 is 0. The van der Waals surface area contributed by atoms with Crippen LogP contribution in [-0.4, -0.2) is 0 Å². The molecule has 0 spiro atoms. The van der Waals surface area contributed by atoms with Crippen molar-refractivity contribution in [2.24, 2.45) is 5.92 Å². The highest BCUT2D eigenvalue weighted by Crippen LogP contribution is 2.29. The molecule has 0 heterocycles. The lowest BCUT2D eigenvalue weighted by Gasteiger charge is -2.19. The highest BCUT2D eigenvalue weighted by atomic mass is 14.3. The van der Waals surface area contributed by atoms with Crippen LogP contribution in [0.5, 0.6) is 0 Å². The molecule has 0 aromatic heterocycles. The predicted octanol–water partition coefficient (Wildman–Crippen LogP) is 3.43. The fourth-order valence-electron chi connectivity index (χ4n) is 1.58. The van der Waals surface area contributed by atoms with Gasteiger partial charge < -0.3 is 0 Å². The fraction of sp³-hybridized carbons (Fsp3) is 0.727. The van der Waals surface area contributed by atoms with Crippen molar-refractivity contribution < 1.29 is 0 Å². The predicted molar refractivity (Wildman–Crippen MR) is 50.6 cm³/mol. The van der Waals surface area contributed by atoms with E-state index in [0.29, 0.717) is 0 Å². The summed E-state index contributed by atoms with van der Waals surface area (Å²) in [5, 5.41) is 8.52. The van der Waals surface area contributed by atoms with Crippen LogP contribution >= 0.6 is 0 Å². The Morgan fingerprint density at radius 3 is 2.83 bits per heavy atom. The Hall–Kier alpha value is -0.770. The second-order valence-electron chi connectivity index (χ2n) is 3.58. The van der Waals surface area contributed by atoms with Crippen LogP contribution in [0.15, 0.2) is 11.6 Å². The molecule has 0 aliphatic heterocycles. The van der Waals surface area contributed by atoms with Crippen molar-refractivity contribution in [1.29, 1.82) is 5.26 Å². The number of rotatable bonds is 5. The minimum Gasteiger partial charge on any atom is -0.198 e. The van der Waals surface area contributed by atoms with Crippen LogP contribution in [0, 0.1) is 17.2 Å². The Bertz CT molecular complexity index is 198. The molecular weight excluding hydrogens is 146 g/mol. The summed E-state index contributed by atoms with van der Waals surface area (Å²) in [5.74, 6) is 0.242. The second kappa shape index (κ2) is 4.98. The first-order valence-corrected chi connectivity index (χ1v) is 4.96. The minimum absolute atomic E-state index is 0.242. The first kappa shape index (κ1) is 9.32. The highest BCUT2D eigenvalue weighted by molar-refractivity contribution is 5.22. The van der Waals surface area contributed by atoms with Gasteiger partial charge in [-0.2, -0.15) is 5.26 Å². The van der Waals surface area contributed by atoms with E-state index >= 15 is 0 Å². The zero-order valence-electron chi connectivity index (χ0n) is 7.84. The fourth-order valence-corrected chi connectivity index (χ4v) is 1.58. The molecular formula is C11H17N. The lowest BCUT2D eigenvalue weighted by molar-refractivity contribution is 0.611. The first-order valence-electron chi connectivity index (χ1n) is 4.96. The zero-order valence-corrected chi connectivity index (χ0v) is 7.84. The van der Waals surface area contributed by atoms with Gasteiger partial charge in [-0.15, -0.1) is 0 Å². The van der Waals surface area contributed by atoms with Crippen LogP contribution in [-0.2, 0) is 0 Å². The zero-order chi connectivity index (χ0) is 8.81. The van der Waals surface area contributed by atoms with Gasteiger partial charge in [0.25, 0.3) is 0 Å². The Morgan fingerprint density at radius 2 is 2.25 bits per heavy atom. The van der Waals surface area contributed by atoms with E-state index in [4.69, 9.17) is 5.26 Å². The van der Waals surface area contributed by atoms with Gasteiger partial charge in [-0.25, -0.2) is 0 Å². The molecule has 0 unspecified atom stereocenters. The largest absolute Gasteiger partial charge is 0.198 e. The third-order valence-electron chi connectivity index (χ3n) is 2.44. The van der Waals surface area contributed by atoms with Gasteiger partial charge in [0.05, 0.1) is 12.0 Å². The van der Waals surface area contributed by atoms with Gasteiger partial charge in [0.1, 0.15) is 0 Å². The van der Waals surface area contributed by atoms with Crippen molar-refractivity contribution in [2.45, 2.75) is 45.4 Å². The number of unbranched alkanes of at least 4 members (excludes halogenated alkanes) is 3. The third-order valence-corrected chi connectivity index (χ3v) is 2.44. The quantitative estimate of drug-likeness (QED) is 0.450. The molecule has 0 saturated carbocycles. The van der Waals surface area contributed by atoms with Gasteiger partial charge in [0, 0.05) is 0 Å². The smallest absolute Gasteiger partial charge is 0.0700 e. The molecule has 0 amide bonds. The van der Waals surface area contributed by atoms with E-state index in [1.165, 1.54) is 37.7 Å². The molecule has 1 atom stereocenters. The number of allylic oxidation sites excluding steroid dienone is 2. The number of hydrogen-bond acceptors (Lipinski definition) is 1. The molecule has 12 heavy (non-hydrogen) atoms. The van der Waals surface area contributed by atoms with E-state index in [2.05, 4.69) is 19.1 Å². The maximum absolute atomic E-state index is 8.52. The van der Waals surface area contributed by atoms with Crippen molar-refractivity contribution >= 4 is 0 Å². The molecule has 0 aromatic carbocycles. The van der Waals surface area contributed by atoms with Gasteiger partial charge in [0.2, 0.25) is 0 Å². The van der Waals surface area contributed by atoms with E-state index in [9.17, 15) is 0 Å². The molecule has 66 valence electrons. The molecule has 0 bridgehead atoms. The van der Waals surface area contributed by atoms with Crippen molar-refractivity contribution in [3.8, 4) is 6.07 Å². The molecule has 0 fully saturated rings.